The van der Waals surface area contributed by atoms with Crippen molar-refractivity contribution >= 4 is 23.4 Å². The quantitative estimate of drug-likeness (QED) is 0.650. The molecule has 2 rings (SSSR count). The van der Waals surface area contributed by atoms with E-state index in [1.807, 2.05) is 13.8 Å². The number of amides is 3. The first-order chi connectivity index (χ1) is 11.5. The molecule has 1 aromatic carbocycles. The molecule has 130 valence electrons. The zero-order valence-corrected chi connectivity index (χ0v) is 13.9. The number of carbonyl (C=O) groups excluding carboxylic acids is 3. The number of rotatable bonds is 7. The minimum atomic E-state index is -0.892. The standard InChI is InChI=1S/C17H23N3O4/c1-11(2)24-9-5-8-18-15(21)10-14-17(23)19-13-7-4-3-6-12(13)16(22)20-14/h3-4,6-7,11,14H,5,8-10H2,1-2H3,(H,18,21)(H,19,23)(H,20,22)/t14-/m1/s1. The summed E-state index contributed by atoms with van der Waals surface area (Å²) in [7, 11) is 0. The Bertz CT molecular complexity index is 616. The summed E-state index contributed by atoms with van der Waals surface area (Å²) in [5.74, 6) is -1.05. The number of carbonyl (C=O) groups is 3. The summed E-state index contributed by atoms with van der Waals surface area (Å²) in [5.41, 5.74) is 0.841. The van der Waals surface area contributed by atoms with Crippen molar-refractivity contribution in [2.75, 3.05) is 18.5 Å². The Balaban J connectivity index is 1.83. The van der Waals surface area contributed by atoms with Gasteiger partial charge < -0.3 is 20.7 Å². The third-order valence-corrected chi connectivity index (χ3v) is 3.54. The fourth-order valence-corrected chi connectivity index (χ4v) is 2.33. The third kappa shape index (κ3) is 5.06. The van der Waals surface area contributed by atoms with Crippen molar-refractivity contribution in [1.82, 2.24) is 10.6 Å². The van der Waals surface area contributed by atoms with Gasteiger partial charge in [0.25, 0.3) is 5.91 Å². The number of anilines is 1. The van der Waals surface area contributed by atoms with Gasteiger partial charge in [-0.2, -0.15) is 0 Å². The summed E-state index contributed by atoms with van der Waals surface area (Å²) in [6, 6.07) is 5.85. The molecule has 1 aliphatic rings. The number of ether oxygens (including phenoxy) is 1. The Labute approximate surface area is 141 Å². The second kappa shape index (κ2) is 8.44. The van der Waals surface area contributed by atoms with E-state index < -0.39 is 11.9 Å². The molecule has 0 spiro atoms. The molecule has 3 amide bonds. The van der Waals surface area contributed by atoms with Crippen LogP contribution in [0.5, 0.6) is 0 Å². The Morgan fingerprint density at radius 1 is 1.29 bits per heavy atom. The number of fused-ring (bicyclic) bond motifs is 1. The lowest BCUT2D eigenvalue weighted by atomic mass is 10.1. The lowest BCUT2D eigenvalue weighted by Gasteiger charge is -2.14. The fraction of sp³-hybridized carbons (Fsp3) is 0.471. The highest BCUT2D eigenvalue weighted by Crippen LogP contribution is 2.18. The molecule has 0 radical (unpaired) electrons. The number of benzene rings is 1. The average Bonchev–Trinajstić information content (AvgIpc) is 2.64. The number of hydrogen-bond acceptors (Lipinski definition) is 4. The highest BCUT2D eigenvalue weighted by molar-refractivity contribution is 6.10. The fourth-order valence-electron chi connectivity index (χ4n) is 2.33. The lowest BCUT2D eigenvalue weighted by Crippen LogP contribution is -2.44. The molecule has 0 fully saturated rings. The molecule has 1 aromatic rings. The van der Waals surface area contributed by atoms with E-state index in [0.29, 0.717) is 30.8 Å². The van der Waals surface area contributed by atoms with Crippen LogP contribution >= 0.6 is 0 Å². The van der Waals surface area contributed by atoms with Crippen LogP contribution in [0.1, 0.15) is 37.0 Å². The molecular formula is C17H23N3O4. The molecule has 0 aliphatic carbocycles. The van der Waals surface area contributed by atoms with E-state index in [1.165, 1.54) is 0 Å². The van der Waals surface area contributed by atoms with Crippen molar-refractivity contribution in [3.63, 3.8) is 0 Å². The molecule has 3 N–H and O–H groups in total. The first kappa shape index (κ1) is 17.9. The van der Waals surface area contributed by atoms with Gasteiger partial charge in [-0.25, -0.2) is 0 Å². The largest absolute Gasteiger partial charge is 0.379 e. The van der Waals surface area contributed by atoms with Crippen molar-refractivity contribution in [2.24, 2.45) is 0 Å². The van der Waals surface area contributed by atoms with Crippen LogP contribution < -0.4 is 16.0 Å². The normalized spacial score (nSPS) is 16.9. The number of hydrogen-bond donors (Lipinski definition) is 3. The molecule has 24 heavy (non-hydrogen) atoms. The SMILES string of the molecule is CC(C)OCCCNC(=O)C[C@H]1NC(=O)c2ccccc2NC1=O. The minimum Gasteiger partial charge on any atom is -0.379 e. The molecule has 0 bridgehead atoms. The second-order valence-electron chi connectivity index (χ2n) is 5.89. The average molecular weight is 333 g/mol. The summed E-state index contributed by atoms with van der Waals surface area (Å²) in [5, 5.41) is 8.00. The smallest absolute Gasteiger partial charge is 0.254 e. The van der Waals surface area contributed by atoms with E-state index in [0.717, 1.165) is 0 Å². The van der Waals surface area contributed by atoms with Crippen molar-refractivity contribution in [3.8, 4) is 0 Å². The van der Waals surface area contributed by atoms with Gasteiger partial charge in [0, 0.05) is 13.2 Å². The molecular weight excluding hydrogens is 310 g/mol. The van der Waals surface area contributed by atoms with Crippen molar-refractivity contribution in [3.05, 3.63) is 29.8 Å². The molecule has 0 saturated heterocycles. The zero-order valence-electron chi connectivity index (χ0n) is 13.9. The van der Waals surface area contributed by atoms with Crippen molar-refractivity contribution in [2.45, 2.75) is 38.8 Å². The Kier molecular flexibility index (Phi) is 6.31. The highest BCUT2D eigenvalue weighted by Gasteiger charge is 2.29. The second-order valence-corrected chi connectivity index (χ2v) is 5.89. The van der Waals surface area contributed by atoms with Crippen LogP contribution in [-0.4, -0.2) is 43.0 Å². The summed E-state index contributed by atoms with van der Waals surface area (Å²) in [6.45, 7) is 4.93. The van der Waals surface area contributed by atoms with Crippen LogP contribution in [0.2, 0.25) is 0 Å². The molecule has 7 heteroatoms. The maximum absolute atomic E-state index is 12.2. The zero-order chi connectivity index (χ0) is 17.5. The molecule has 0 aromatic heterocycles. The van der Waals surface area contributed by atoms with E-state index in [-0.39, 0.29) is 24.3 Å². The van der Waals surface area contributed by atoms with E-state index >= 15 is 0 Å². The van der Waals surface area contributed by atoms with Gasteiger partial charge in [0.2, 0.25) is 11.8 Å². The number of para-hydroxylation sites is 1. The van der Waals surface area contributed by atoms with Gasteiger partial charge in [-0.3, -0.25) is 14.4 Å². The van der Waals surface area contributed by atoms with Gasteiger partial charge >= 0.3 is 0 Å². The van der Waals surface area contributed by atoms with Crippen LogP contribution in [0, 0.1) is 0 Å². The summed E-state index contributed by atoms with van der Waals surface area (Å²) in [6.07, 6.45) is 0.752. The Morgan fingerprint density at radius 2 is 2.04 bits per heavy atom. The highest BCUT2D eigenvalue weighted by atomic mass is 16.5. The predicted molar refractivity (Wildman–Crippen MR) is 89.7 cm³/mol. The Hall–Kier alpha value is -2.41. The van der Waals surface area contributed by atoms with E-state index in [9.17, 15) is 14.4 Å². The monoisotopic (exact) mass is 333 g/mol. The van der Waals surface area contributed by atoms with Gasteiger partial charge in [-0.15, -0.1) is 0 Å². The van der Waals surface area contributed by atoms with Gasteiger partial charge in [-0.05, 0) is 32.4 Å². The van der Waals surface area contributed by atoms with Gasteiger partial charge in [0.05, 0.1) is 23.8 Å². The van der Waals surface area contributed by atoms with E-state index in [4.69, 9.17) is 4.74 Å². The lowest BCUT2D eigenvalue weighted by molar-refractivity contribution is -0.125. The van der Waals surface area contributed by atoms with E-state index in [2.05, 4.69) is 16.0 Å². The Morgan fingerprint density at radius 3 is 2.79 bits per heavy atom. The molecule has 7 nitrogen and oxygen atoms in total. The summed E-state index contributed by atoms with van der Waals surface area (Å²) < 4.78 is 5.38. The molecule has 1 aliphatic heterocycles. The van der Waals surface area contributed by atoms with Crippen LogP contribution in [0.15, 0.2) is 24.3 Å². The third-order valence-electron chi connectivity index (χ3n) is 3.54. The number of nitrogens with one attached hydrogen (secondary N) is 3. The van der Waals surface area contributed by atoms with Gasteiger partial charge in [0.1, 0.15) is 6.04 Å². The molecule has 0 saturated carbocycles. The van der Waals surface area contributed by atoms with Gasteiger partial charge in [-0.1, -0.05) is 12.1 Å². The van der Waals surface area contributed by atoms with Gasteiger partial charge in [0.15, 0.2) is 0 Å². The van der Waals surface area contributed by atoms with Crippen LogP contribution in [0.3, 0.4) is 0 Å². The predicted octanol–water partition coefficient (Wildman–Crippen LogP) is 1.06. The maximum Gasteiger partial charge on any atom is 0.254 e. The van der Waals surface area contributed by atoms with Crippen LogP contribution in [0.25, 0.3) is 0 Å². The van der Waals surface area contributed by atoms with Crippen LogP contribution in [0.4, 0.5) is 5.69 Å². The molecule has 1 heterocycles. The molecule has 1 atom stereocenters. The van der Waals surface area contributed by atoms with Crippen molar-refractivity contribution in [1.29, 1.82) is 0 Å². The maximum atomic E-state index is 12.2. The summed E-state index contributed by atoms with van der Waals surface area (Å²) >= 11 is 0. The first-order valence-electron chi connectivity index (χ1n) is 8.06. The van der Waals surface area contributed by atoms with E-state index in [1.54, 1.807) is 24.3 Å². The van der Waals surface area contributed by atoms with Crippen LogP contribution in [-0.2, 0) is 14.3 Å². The van der Waals surface area contributed by atoms with Crippen molar-refractivity contribution < 1.29 is 19.1 Å². The topological polar surface area (TPSA) is 96.5 Å². The molecule has 0 unspecified atom stereocenters. The summed E-state index contributed by atoms with van der Waals surface area (Å²) in [4.78, 5) is 36.3. The first-order valence-corrected chi connectivity index (χ1v) is 8.06. The minimum absolute atomic E-state index is 0.101.